The number of nitrogens with zero attached hydrogens (tertiary/aromatic N) is 1. The van der Waals surface area contributed by atoms with Gasteiger partial charge in [0.2, 0.25) is 0 Å². The summed E-state index contributed by atoms with van der Waals surface area (Å²) in [7, 11) is 0. The lowest BCUT2D eigenvalue weighted by Crippen LogP contribution is -2.28. The van der Waals surface area contributed by atoms with Crippen molar-refractivity contribution in [2.75, 3.05) is 0 Å². The van der Waals surface area contributed by atoms with Crippen LogP contribution in [0.15, 0.2) is 18.2 Å². The van der Waals surface area contributed by atoms with E-state index in [0.29, 0.717) is 0 Å². The van der Waals surface area contributed by atoms with Crippen molar-refractivity contribution in [3.05, 3.63) is 38.9 Å². The molecule has 1 saturated carbocycles. The highest BCUT2D eigenvalue weighted by molar-refractivity contribution is 6.33. The van der Waals surface area contributed by atoms with Crippen molar-refractivity contribution in [3.8, 4) is 0 Å². The van der Waals surface area contributed by atoms with Crippen LogP contribution in [0.3, 0.4) is 0 Å². The molecular weight excluding hydrogens is 294 g/mol. The minimum Gasteiger partial charge on any atom is -0.459 e. The van der Waals surface area contributed by atoms with Gasteiger partial charge in [0, 0.05) is 12.1 Å². The summed E-state index contributed by atoms with van der Waals surface area (Å²) >= 11 is 5.94. The van der Waals surface area contributed by atoms with Crippen molar-refractivity contribution in [2.45, 2.75) is 45.6 Å². The molecule has 0 spiro atoms. The van der Waals surface area contributed by atoms with E-state index in [2.05, 4.69) is 13.8 Å². The number of ether oxygens (including phenoxy) is 1. The third-order valence-electron chi connectivity index (χ3n) is 3.94. The first-order chi connectivity index (χ1) is 9.78. The fourth-order valence-electron chi connectivity index (χ4n) is 2.49. The topological polar surface area (TPSA) is 69.4 Å². The molecule has 0 aromatic heterocycles. The number of halogens is 1. The molecule has 0 unspecified atom stereocenters. The fourth-order valence-corrected chi connectivity index (χ4v) is 2.68. The Morgan fingerprint density at radius 3 is 2.57 bits per heavy atom. The summed E-state index contributed by atoms with van der Waals surface area (Å²) in [6.45, 7) is 4.39. The average molecular weight is 312 g/mol. The van der Waals surface area contributed by atoms with Crippen molar-refractivity contribution in [2.24, 2.45) is 5.41 Å². The molecule has 0 heterocycles. The molecule has 2 rings (SSSR count). The molecule has 0 N–H and O–H groups in total. The SMILES string of the molecule is CC1(C)CCC(OC(=O)c2cc([N+](=O)[O-])ccc2Cl)CC1. The van der Waals surface area contributed by atoms with Crippen LogP contribution in [0.1, 0.15) is 49.9 Å². The molecule has 0 atom stereocenters. The van der Waals surface area contributed by atoms with Gasteiger partial charge in [0.15, 0.2) is 0 Å². The van der Waals surface area contributed by atoms with Crippen molar-refractivity contribution < 1.29 is 14.5 Å². The lowest BCUT2D eigenvalue weighted by atomic mass is 9.76. The Labute approximate surface area is 128 Å². The number of carbonyl (C=O) groups excluding carboxylic acids is 1. The molecule has 1 aliphatic rings. The molecule has 1 aliphatic carbocycles. The summed E-state index contributed by atoms with van der Waals surface area (Å²) in [5.41, 5.74) is 0.165. The maximum atomic E-state index is 12.1. The largest absolute Gasteiger partial charge is 0.459 e. The van der Waals surface area contributed by atoms with E-state index in [4.69, 9.17) is 16.3 Å². The third-order valence-corrected chi connectivity index (χ3v) is 4.27. The number of hydrogen-bond donors (Lipinski definition) is 0. The Morgan fingerprint density at radius 1 is 1.38 bits per heavy atom. The van der Waals surface area contributed by atoms with E-state index < -0.39 is 10.9 Å². The Balaban J connectivity index is 2.07. The predicted octanol–water partition coefficient (Wildman–Crippen LogP) is 4.37. The normalized spacial score (nSPS) is 18.2. The molecule has 0 bridgehead atoms. The van der Waals surface area contributed by atoms with Gasteiger partial charge in [0.1, 0.15) is 6.10 Å². The van der Waals surface area contributed by atoms with Crippen molar-refractivity contribution in [3.63, 3.8) is 0 Å². The summed E-state index contributed by atoms with van der Waals surface area (Å²) in [6, 6.07) is 3.78. The maximum absolute atomic E-state index is 12.1. The zero-order chi connectivity index (χ0) is 15.6. The first kappa shape index (κ1) is 15.8. The highest BCUT2D eigenvalue weighted by atomic mass is 35.5. The molecular formula is C15H18ClNO4. The van der Waals surface area contributed by atoms with E-state index in [1.54, 1.807) is 0 Å². The quantitative estimate of drug-likeness (QED) is 0.472. The lowest BCUT2D eigenvalue weighted by Gasteiger charge is -2.33. The zero-order valence-electron chi connectivity index (χ0n) is 12.1. The third kappa shape index (κ3) is 3.94. The molecule has 1 fully saturated rings. The number of esters is 1. The molecule has 21 heavy (non-hydrogen) atoms. The van der Waals surface area contributed by atoms with E-state index in [-0.39, 0.29) is 27.8 Å². The van der Waals surface area contributed by atoms with Gasteiger partial charge in [-0.15, -0.1) is 0 Å². The van der Waals surface area contributed by atoms with Crippen molar-refractivity contribution in [1.29, 1.82) is 0 Å². The summed E-state index contributed by atoms with van der Waals surface area (Å²) < 4.78 is 5.44. The number of hydrogen-bond acceptors (Lipinski definition) is 4. The lowest BCUT2D eigenvalue weighted by molar-refractivity contribution is -0.384. The average Bonchev–Trinajstić information content (AvgIpc) is 2.41. The minimum atomic E-state index is -0.589. The summed E-state index contributed by atoms with van der Waals surface area (Å²) in [6.07, 6.45) is 3.47. The van der Waals surface area contributed by atoms with Crippen molar-refractivity contribution >= 4 is 23.3 Å². The first-order valence-electron chi connectivity index (χ1n) is 6.93. The van der Waals surface area contributed by atoms with Crippen LogP contribution in [0.25, 0.3) is 0 Å². The molecule has 114 valence electrons. The Bertz CT molecular complexity index is 561. The van der Waals surface area contributed by atoms with Gasteiger partial charge in [-0.05, 0) is 37.2 Å². The van der Waals surface area contributed by atoms with Gasteiger partial charge in [0.05, 0.1) is 15.5 Å². The van der Waals surface area contributed by atoms with Crippen molar-refractivity contribution in [1.82, 2.24) is 0 Å². The van der Waals surface area contributed by atoms with E-state index in [0.717, 1.165) is 31.7 Å². The summed E-state index contributed by atoms with van der Waals surface area (Å²) in [5.74, 6) is -0.589. The van der Waals surface area contributed by atoms with Crippen LogP contribution in [-0.2, 0) is 4.74 Å². The van der Waals surface area contributed by atoms with Gasteiger partial charge in [0.25, 0.3) is 5.69 Å². The second kappa shape index (κ2) is 6.02. The van der Waals surface area contributed by atoms with Gasteiger partial charge in [-0.2, -0.15) is 0 Å². The summed E-state index contributed by atoms with van der Waals surface area (Å²) in [5, 5.41) is 10.9. The van der Waals surface area contributed by atoms with Crippen LogP contribution in [0.4, 0.5) is 5.69 Å². The van der Waals surface area contributed by atoms with E-state index in [9.17, 15) is 14.9 Å². The molecule has 0 aliphatic heterocycles. The zero-order valence-corrected chi connectivity index (χ0v) is 12.9. The standard InChI is InChI=1S/C15H18ClNO4/c1-15(2)7-5-11(6-8-15)21-14(18)12-9-10(17(19)20)3-4-13(12)16/h3-4,9,11H,5-8H2,1-2H3. The van der Waals surface area contributed by atoms with Crippen LogP contribution >= 0.6 is 11.6 Å². The second-order valence-corrected chi connectivity index (χ2v) is 6.60. The molecule has 0 saturated heterocycles. The Morgan fingerprint density at radius 2 is 2.00 bits per heavy atom. The Kier molecular flexibility index (Phi) is 4.52. The minimum absolute atomic E-state index is 0.0516. The molecule has 1 aromatic rings. The molecule has 6 heteroatoms. The van der Waals surface area contributed by atoms with Gasteiger partial charge < -0.3 is 4.74 Å². The molecule has 0 radical (unpaired) electrons. The van der Waals surface area contributed by atoms with Crippen LogP contribution in [0.5, 0.6) is 0 Å². The number of carbonyl (C=O) groups is 1. The van der Waals surface area contributed by atoms with Crippen LogP contribution in [0, 0.1) is 15.5 Å². The van der Waals surface area contributed by atoms with E-state index in [1.165, 1.54) is 12.1 Å². The number of nitro benzene ring substituents is 1. The van der Waals surface area contributed by atoms with Gasteiger partial charge in [-0.3, -0.25) is 10.1 Å². The van der Waals surface area contributed by atoms with Crippen LogP contribution < -0.4 is 0 Å². The second-order valence-electron chi connectivity index (χ2n) is 6.19. The monoisotopic (exact) mass is 311 g/mol. The number of rotatable bonds is 3. The summed E-state index contributed by atoms with van der Waals surface area (Å²) in [4.78, 5) is 22.3. The van der Waals surface area contributed by atoms with E-state index >= 15 is 0 Å². The van der Waals surface area contributed by atoms with Crippen LogP contribution in [-0.4, -0.2) is 17.0 Å². The van der Waals surface area contributed by atoms with Gasteiger partial charge >= 0.3 is 5.97 Å². The number of benzene rings is 1. The van der Waals surface area contributed by atoms with Gasteiger partial charge in [-0.25, -0.2) is 4.79 Å². The van der Waals surface area contributed by atoms with E-state index in [1.807, 2.05) is 0 Å². The number of nitro groups is 1. The first-order valence-corrected chi connectivity index (χ1v) is 7.31. The number of non-ortho nitro benzene ring substituents is 1. The maximum Gasteiger partial charge on any atom is 0.340 e. The highest BCUT2D eigenvalue weighted by Gasteiger charge is 2.29. The van der Waals surface area contributed by atoms with Crippen LogP contribution in [0.2, 0.25) is 5.02 Å². The molecule has 5 nitrogen and oxygen atoms in total. The van der Waals surface area contributed by atoms with Gasteiger partial charge in [-0.1, -0.05) is 25.4 Å². The predicted molar refractivity (Wildman–Crippen MR) is 79.6 cm³/mol. The highest BCUT2D eigenvalue weighted by Crippen LogP contribution is 2.36. The molecule has 0 amide bonds. The smallest absolute Gasteiger partial charge is 0.340 e. The fraction of sp³-hybridized carbons (Fsp3) is 0.533. The Hall–Kier alpha value is -1.62. The molecule has 1 aromatic carbocycles.